The highest BCUT2D eigenvalue weighted by atomic mass is 16.3. The number of hydrogen-bond donors (Lipinski definition) is 2. The molecule has 2 nitrogen and oxygen atoms in total. The lowest BCUT2D eigenvalue weighted by Gasteiger charge is -2.36. The Bertz CT molecular complexity index is 642. The van der Waals surface area contributed by atoms with Crippen molar-refractivity contribution in [3.8, 4) is 11.5 Å². The van der Waals surface area contributed by atoms with E-state index in [1.54, 1.807) is 12.1 Å². The monoisotopic (exact) mass is 296 g/mol. The predicted molar refractivity (Wildman–Crippen MR) is 89.2 cm³/mol. The second-order valence-corrected chi connectivity index (χ2v) is 7.45. The van der Waals surface area contributed by atoms with Gasteiger partial charge in [-0.3, -0.25) is 0 Å². The van der Waals surface area contributed by atoms with Crippen LogP contribution in [-0.4, -0.2) is 10.2 Å². The fraction of sp³-hybridized carbons (Fsp3) is 0.400. The fourth-order valence-corrected chi connectivity index (χ4v) is 4.57. The first-order valence-corrected chi connectivity index (χ1v) is 7.94. The van der Waals surface area contributed by atoms with Crippen LogP contribution in [0.15, 0.2) is 48.5 Å². The quantitative estimate of drug-likeness (QED) is 0.832. The summed E-state index contributed by atoms with van der Waals surface area (Å²) in [5.41, 5.74) is 1.67. The summed E-state index contributed by atoms with van der Waals surface area (Å²) in [5.74, 6) is 0.967. The van der Waals surface area contributed by atoms with Crippen LogP contribution >= 0.6 is 0 Å². The van der Waals surface area contributed by atoms with Gasteiger partial charge in [0.25, 0.3) is 0 Å². The molecule has 22 heavy (non-hydrogen) atoms. The first-order chi connectivity index (χ1) is 10.4. The first kappa shape index (κ1) is 15.0. The molecule has 1 aliphatic carbocycles. The first-order valence-electron chi connectivity index (χ1n) is 7.94. The van der Waals surface area contributed by atoms with Gasteiger partial charge < -0.3 is 10.2 Å². The van der Waals surface area contributed by atoms with E-state index in [4.69, 9.17) is 0 Å². The molecule has 0 radical (unpaired) electrons. The molecule has 1 aliphatic rings. The van der Waals surface area contributed by atoms with Gasteiger partial charge in [-0.2, -0.15) is 0 Å². The van der Waals surface area contributed by atoms with Crippen LogP contribution in [0.1, 0.15) is 44.7 Å². The van der Waals surface area contributed by atoms with E-state index >= 15 is 0 Å². The summed E-state index contributed by atoms with van der Waals surface area (Å²) in [5, 5.41) is 21.0. The summed E-state index contributed by atoms with van der Waals surface area (Å²) >= 11 is 0. The minimum absolute atomic E-state index is 0.171. The van der Waals surface area contributed by atoms with Crippen LogP contribution in [0.5, 0.6) is 11.5 Å². The minimum atomic E-state index is -0.347. The lowest BCUT2D eigenvalue weighted by Crippen LogP contribution is -2.31. The Morgan fingerprint density at radius 2 is 1.32 bits per heavy atom. The van der Waals surface area contributed by atoms with Crippen LogP contribution in [0.4, 0.5) is 0 Å². The molecular formula is C20H24O2. The molecule has 2 heteroatoms. The van der Waals surface area contributed by atoms with E-state index in [9.17, 15) is 10.2 Å². The molecule has 1 fully saturated rings. The highest BCUT2D eigenvalue weighted by Crippen LogP contribution is 2.60. The van der Waals surface area contributed by atoms with Crippen molar-refractivity contribution < 1.29 is 10.2 Å². The van der Waals surface area contributed by atoms with E-state index in [0.717, 1.165) is 24.0 Å². The van der Waals surface area contributed by atoms with E-state index in [-0.39, 0.29) is 10.8 Å². The molecule has 2 N–H and O–H groups in total. The van der Waals surface area contributed by atoms with Crippen molar-refractivity contribution in [2.24, 2.45) is 11.3 Å². The zero-order valence-electron chi connectivity index (χ0n) is 13.5. The van der Waals surface area contributed by atoms with Crippen LogP contribution in [0.2, 0.25) is 0 Å². The zero-order chi connectivity index (χ0) is 16.0. The number of phenolic OH excluding ortho intramolecular Hbond substituents is 2. The summed E-state index contributed by atoms with van der Waals surface area (Å²) < 4.78 is 0. The van der Waals surface area contributed by atoms with Gasteiger partial charge in [-0.1, -0.05) is 57.2 Å². The zero-order valence-corrected chi connectivity index (χ0v) is 13.5. The fourth-order valence-electron chi connectivity index (χ4n) is 4.57. The molecule has 0 aliphatic heterocycles. The van der Waals surface area contributed by atoms with Crippen molar-refractivity contribution in [1.29, 1.82) is 0 Å². The maximum Gasteiger partial charge on any atom is 0.119 e. The summed E-state index contributed by atoms with van der Waals surface area (Å²) in [4.78, 5) is 0. The van der Waals surface area contributed by atoms with Gasteiger partial charge in [0.15, 0.2) is 0 Å². The van der Waals surface area contributed by atoms with Crippen LogP contribution < -0.4 is 0 Å². The second-order valence-electron chi connectivity index (χ2n) is 7.45. The average molecular weight is 296 g/mol. The molecule has 0 amide bonds. The lowest BCUT2D eigenvalue weighted by molar-refractivity contribution is 0.342. The van der Waals surface area contributed by atoms with Gasteiger partial charge in [0, 0.05) is 16.5 Å². The van der Waals surface area contributed by atoms with Crippen molar-refractivity contribution in [3.05, 3.63) is 59.7 Å². The largest absolute Gasteiger partial charge is 0.508 e. The number of phenols is 2. The molecule has 116 valence electrons. The number of aromatic hydroxyl groups is 2. The normalized spacial score (nSPS) is 22.6. The third kappa shape index (κ3) is 2.18. The third-order valence-corrected chi connectivity index (χ3v) is 5.23. The molecule has 2 aromatic rings. The molecule has 1 unspecified atom stereocenters. The summed E-state index contributed by atoms with van der Waals surface area (Å²) in [6.45, 7) is 6.77. The molecule has 3 rings (SSSR count). The average Bonchev–Trinajstić information content (AvgIpc) is 2.70. The SMILES string of the molecule is CC1CC(C)(C)CC1(c1ccccc1O)c1ccccc1O. The number of hydrogen-bond acceptors (Lipinski definition) is 2. The Balaban J connectivity index is 2.30. The van der Waals surface area contributed by atoms with Crippen LogP contribution in [0.3, 0.4) is 0 Å². The summed E-state index contributed by atoms with van der Waals surface area (Å²) in [7, 11) is 0. The van der Waals surface area contributed by atoms with E-state index in [1.165, 1.54) is 0 Å². The van der Waals surface area contributed by atoms with Gasteiger partial charge in [0.2, 0.25) is 0 Å². The Labute approximate surface area is 132 Å². The summed E-state index contributed by atoms with van der Waals surface area (Å²) in [6, 6.07) is 15.1. The van der Waals surface area contributed by atoms with E-state index < -0.39 is 0 Å². The Morgan fingerprint density at radius 3 is 1.68 bits per heavy atom. The Kier molecular flexibility index (Phi) is 3.43. The van der Waals surface area contributed by atoms with Crippen LogP contribution in [0.25, 0.3) is 0 Å². The number of rotatable bonds is 2. The van der Waals surface area contributed by atoms with E-state index in [0.29, 0.717) is 17.4 Å². The van der Waals surface area contributed by atoms with Gasteiger partial charge in [0.05, 0.1) is 0 Å². The molecule has 1 saturated carbocycles. The molecular weight excluding hydrogens is 272 g/mol. The standard InChI is InChI=1S/C20H24O2/c1-14-12-19(2,3)13-20(14,15-8-4-6-10-17(15)21)16-9-5-7-11-18(16)22/h4-11,14,21-22H,12-13H2,1-3H3. The number of para-hydroxylation sites is 2. The third-order valence-electron chi connectivity index (χ3n) is 5.23. The maximum absolute atomic E-state index is 10.5. The highest BCUT2D eigenvalue weighted by molar-refractivity contribution is 5.53. The lowest BCUT2D eigenvalue weighted by atomic mass is 9.66. The minimum Gasteiger partial charge on any atom is -0.508 e. The van der Waals surface area contributed by atoms with Gasteiger partial charge in [0.1, 0.15) is 11.5 Å². The Morgan fingerprint density at radius 1 is 0.864 bits per heavy atom. The van der Waals surface area contributed by atoms with Crippen LogP contribution in [0, 0.1) is 11.3 Å². The smallest absolute Gasteiger partial charge is 0.119 e. The molecule has 0 heterocycles. The Hall–Kier alpha value is -1.96. The van der Waals surface area contributed by atoms with Gasteiger partial charge >= 0.3 is 0 Å². The highest BCUT2D eigenvalue weighted by Gasteiger charge is 2.52. The molecule has 2 aromatic carbocycles. The van der Waals surface area contributed by atoms with Crippen LogP contribution in [-0.2, 0) is 5.41 Å². The van der Waals surface area contributed by atoms with E-state index in [2.05, 4.69) is 20.8 Å². The molecule has 1 atom stereocenters. The van der Waals surface area contributed by atoms with Crippen molar-refractivity contribution >= 4 is 0 Å². The second kappa shape index (κ2) is 5.05. The number of benzene rings is 2. The van der Waals surface area contributed by atoms with Gasteiger partial charge in [-0.05, 0) is 36.3 Å². The summed E-state index contributed by atoms with van der Waals surface area (Å²) in [6.07, 6.45) is 1.98. The molecule has 0 spiro atoms. The molecule has 0 aromatic heterocycles. The van der Waals surface area contributed by atoms with Crippen molar-refractivity contribution in [2.45, 2.75) is 39.0 Å². The van der Waals surface area contributed by atoms with E-state index in [1.807, 2.05) is 36.4 Å². The van der Waals surface area contributed by atoms with Gasteiger partial charge in [-0.15, -0.1) is 0 Å². The molecule has 0 saturated heterocycles. The predicted octanol–water partition coefficient (Wildman–Crippen LogP) is 4.84. The van der Waals surface area contributed by atoms with Crippen molar-refractivity contribution in [1.82, 2.24) is 0 Å². The topological polar surface area (TPSA) is 40.5 Å². The van der Waals surface area contributed by atoms with Crippen molar-refractivity contribution in [2.75, 3.05) is 0 Å². The maximum atomic E-state index is 10.5. The van der Waals surface area contributed by atoms with Crippen molar-refractivity contribution in [3.63, 3.8) is 0 Å². The van der Waals surface area contributed by atoms with Gasteiger partial charge in [-0.25, -0.2) is 0 Å². The molecule has 0 bridgehead atoms.